The van der Waals surface area contributed by atoms with Crippen LogP contribution >= 0.6 is 11.6 Å². The molecule has 0 fully saturated rings. The van der Waals surface area contributed by atoms with E-state index >= 15 is 0 Å². The molecule has 14 heavy (non-hydrogen) atoms. The van der Waals surface area contributed by atoms with Gasteiger partial charge >= 0.3 is 0 Å². The van der Waals surface area contributed by atoms with E-state index in [4.69, 9.17) is 16.0 Å². The van der Waals surface area contributed by atoms with Crippen LogP contribution in [0.15, 0.2) is 22.8 Å². The predicted octanol–water partition coefficient (Wildman–Crippen LogP) is 2.30. The minimum atomic E-state index is 0.0477. The van der Waals surface area contributed by atoms with E-state index < -0.39 is 0 Å². The molecule has 0 bridgehead atoms. The van der Waals surface area contributed by atoms with Gasteiger partial charge in [-0.15, -0.1) is 11.6 Å². The van der Waals surface area contributed by atoms with Crippen LogP contribution < -0.4 is 5.32 Å². The molecule has 0 atom stereocenters. The Kier molecular flexibility index (Phi) is 5.15. The maximum Gasteiger partial charge on any atom is 0.220 e. The summed E-state index contributed by atoms with van der Waals surface area (Å²) in [5.74, 6) is 1.44. The molecule has 1 heterocycles. The molecule has 0 aliphatic carbocycles. The Labute approximate surface area is 88.4 Å². The van der Waals surface area contributed by atoms with E-state index in [1.54, 1.807) is 12.3 Å². The van der Waals surface area contributed by atoms with Crippen molar-refractivity contribution in [3.05, 3.63) is 24.2 Å². The Morgan fingerprint density at radius 2 is 2.36 bits per heavy atom. The predicted molar refractivity (Wildman–Crippen MR) is 55.1 cm³/mol. The summed E-state index contributed by atoms with van der Waals surface area (Å²) >= 11 is 5.50. The Morgan fingerprint density at radius 1 is 1.50 bits per heavy atom. The van der Waals surface area contributed by atoms with Crippen LogP contribution in [0.1, 0.15) is 25.0 Å². The molecular formula is C10H14ClNO2. The van der Waals surface area contributed by atoms with Crippen molar-refractivity contribution in [1.29, 1.82) is 0 Å². The molecule has 0 aliphatic rings. The van der Waals surface area contributed by atoms with Crippen molar-refractivity contribution in [2.24, 2.45) is 0 Å². The van der Waals surface area contributed by atoms with E-state index in [1.165, 1.54) is 0 Å². The zero-order chi connectivity index (χ0) is 10.2. The van der Waals surface area contributed by atoms with Crippen LogP contribution in [0.25, 0.3) is 0 Å². The maximum atomic E-state index is 11.2. The molecule has 0 unspecified atom stereocenters. The number of hydrogen-bond donors (Lipinski definition) is 1. The normalized spacial score (nSPS) is 10.1. The molecular weight excluding hydrogens is 202 g/mol. The lowest BCUT2D eigenvalue weighted by atomic mass is 10.2. The summed E-state index contributed by atoms with van der Waals surface area (Å²) in [6, 6.07) is 3.63. The second-order valence-corrected chi connectivity index (χ2v) is 3.38. The van der Waals surface area contributed by atoms with Gasteiger partial charge in [-0.3, -0.25) is 4.79 Å². The molecule has 0 aliphatic heterocycles. The third kappa shape index (κ3) is 4.33. The molecule has 4 heteroatoms. The Bertz CT molecular complexity index is 259. The molecule has 1 amide bonds. The zero-order valence-electron chi connectivity index (χ0n) is 7.96. The van der Waals surface area contributed by atoms with E-state index in [0.717, 1.165) is 18.6 Å². The van der Waals surface area contributed by atoms with Crippen molar-refractivity contribution in [2.45, 2.75) is 25.8 Å². The fourth-order valence-corrected chi connectivity index (χ4v) is 1.26. The van der Waals surface area contributed by atoms with Crippen molar-refractivity contribution in [1.82, 2.24) is 5.32 Å². The SMILES string of the molecule is O=C(CCCCCl)NCc1ccco1. The number of carbonyl (C=O) groups is 1. The maximum absolute atomic E-state index is 11.2. The van der Waals surface area contributed by atoms with Crippen molar-refractivity contribution < 1.29 is 9.21 Å². The highest BCUT2D eigenvalue weighted by atomic mass is 35.5. The molecule has 0 saturated carbocycles. The smallest absolute Gasteiger partial charge is 0.220 e. The number of alkyl halides is 1. The minimum absolute atomic E-state index is 0.0477. The lowest BCUT2D eigenvalue weighted by Crippen LogP contribution is -2.22. The van der Waals surface area contributed by atoms with Crippen molar-refractivity contribution >= 4 is 17.5 Å². The van der Waals surface area contributed by atoms with E-state index in [2.05, 4.69) is 5.32 Å². The Balaban J connectivity index is 2.09. The summed E-state index contributed by atoms with van der Waals surface area (Å²) < 4.78 is 5.07. The van der Waals surface area contributed by atoms with E-state index in [1.807, 2.05) is 6.07 Å². The largest absolute Gasteiger partial charge is 0.467 e. The Morgan fingerprint density at radius 3 is 3.00 bits per heavy atom. The van der Waals surface area contributed by atoms with Gasteiger partial charge in [0.2, 0.25) is 5.91 Å². The Hall–Kier alpha value is -0.960. The first-order chi connectivity index (χ1) is 6.83. The first-order valence-corrected chi connectivity index (χ1v) is 5.21. The summed E-state index contributed by atoms with van der Waals surface area (Å²) in [4.78, 5) is 11.2. The second kappa shape index (κ2) is 6.49. The number of rotatable bonds is 6. The van der Waals surface area contributed by atoms with Gasteiger partial charge in [0.1, 0.15) is 5.76 Å². The molecule has 1 aromatic rings. The average Bonchev–Trinajstić information content (AvgIpc) is 2.68. The van der Waals surface area contributed by atoms with E-state index in [-0.39, 0.29) is 5.91 Å². The number of halogens is 1. The summed E-state index contributed by atoms with van der Waals surface area (Å²) in [5, 5.41) is 2.77. The van der Waals surface area contributed by atoms with Gasteiger partial charge in [0.25, 0.3) is 0 Å². The van der Waals surface area contributed by atoms with Crippen LogP contribution in [-0.4, -0.2) is 11.8 Å². The topological polar surface area (TPSA) is 42.2 Å². The monoisotopic (exact) mass is 215 g/mol. The molecule has 0 saturated heterocycles. The number of unbranched alkanes of at least 4 members (excludes halogenated alkanes) is 1. The highest BCUT2D eigenvalue weighted by Crippen LogP contribution is 2.00. The number of carbonyl (C=O) groups excluding carboxylic acids is 1. The third-order valence-electron chi connectivity index (χ3n) is 1.83. The van der Waals surface area contributed by atoms with Gasteiger partial charge in [-0.1, -0.05) is 0 Å². The summed E-state index contributed by atoms with van der Waals surface area (Å²) in [5.41, 5.74) is 0. The van der Waals surface area contributed by atoms with Gasteiger partial charge in [-0.25, -0.2) is 0 Å². The summed E-state index contributed by atoms with van der Waals surface area (Å²) in [6.07, 6.45) is 3.85. The molecule has 1 aromatic heterocycles. The van der Waals surface area contributed by atoms with Gasteiger partial charge in [0, 0.05) is 12.3 Å². The lowest BCUT2D eigenvalue weighted by Gasteiger charge is -2.01. The zero-order valence-corrected chi connectivity index (χ0v) is 8.72. The summed E-state index contributed by atoms with van der Waals surface area (Å²) in [7, 11) is 0. The van der Waals surface area contributed by atoms with Crippen LogP contribution in [-0.2, 0) is 11.3 Å². The van der Waals surface area contributed by atoms with E-state index in [0.29, 0.717) is 18.8 Å². The lowest BCUT2D eigenvalue weighted by molar-refractivity contribution is -0.121. The molecule has 3 nitrogen and oxygen atoms in total. The van der Waals surface area contributed by atoms with Crippen LogP contribution in [0.2, 0.25) is 0 Å². The second-order valence-electron chi connectivity index (χ2n) is 3.00. The third-order valence-corrected chi connectivity index (χ3v) is 2.09. The number of amides is 1. The first-order valence-electron chi connectivity index (χ1n) is 4.68. The van der Waals surface area contributed by atoms with Gasteiger partial charge in [-0.05, 0) is 25.0 Å². The van der Waals surface area contributed by atoms with Gasteiger partial charge in [0.05, 0.1) is 12.8 Å². The van der Waals surface area contributed by atoms with Crippen molar-refractivity contribution in [2.75, 3.05) is 5.88 Å². The standard InChI is InChI=1S/C10H14ClNO2/c11-6-2-1-5-10(13)12-8-9-4-3-7-14-9/h3-4,7H,1-2,5-6,8H2,(H,12,13). The molecule has 78 valence electrons. The van der Waals surface area contributed by atoms with Crippen LogP contribution in [0, 0.1) is 0 Å². The highest BCUT2D eigenvalue weighted by molar-refractivity contribution is 6.17. The minimum Gasteiger partial charge on any atom is -0.467 e. The number of furan rings is 1. The van der Waals surface area contributed by atoms with Crippen LogP contribution in [0.4, 0.5) is 0 Å². The fourth-order valence-electron chi connectivity index (χ4n) is 1.07. The number of hydrogen-bond acceptors (Lipinski definition) is 2. The van der Waals surface area contributed by atoms with Crippen molar-refractivity contribution in [3.8, 4) is 0 Å². The van der Waals surface area contributed by atoms with Crippen LogP contribution in [0.3, 0.4) is 0 Å². The molecule has 0 radical (unpaired) electrons. The van der Waals surface area contributed by atoms with Gasteiger partial charge in [0.15, 0.2) is 0 Å². The van der Waals surface area contributed by atoms with Gasteiger partial charge < -0.3 is 9.73 Å². The molecule has 0 spiro atoms. The molecule has 1 N–H and O–H groups in total. The summed E-state index contributed by atoms with van der Waals surface area (Å²) in [6.45, 7) is 0.465. The fraction of sp³-hybridized carbons (Fsp3) is 0.500. The van der Waals surface area contributed by atoms with Crippen LogP contribution in [0.5, 0.6) is 0 Å². The average molecular weight is 216 g/mol. The highest BCUT2D eigenvalue weighted by Gasteiger charge is 2.01. The first kappa shape index (κ1) is 11.1. The van der Waals surface area contributed by atoms with E-state index in [9.17, 15) is 4.79 Å². The van der Waals surface area contributed by atoms with Gasteiger partial charge in [-0.2, -0.15) is 0 Å². The van der Waals surface area contributed by atoms with Crippen molar-refractivity contribution in [3.63, 3.8) is 0 Å². The molecule has 1 rings (SSSR count). The quantitative estimate of drug-likeness (QED) is 0.585. The number of nitrogens with one attached hydrogen (secondary N) is 1. The molecule has 0 aromatic carbocycles.